The summed E-state index contributed by atoms with van der Waals surface area (Å²) in [5.41, 5.74) is 5.56. The molecule has 0 atom stereocenters. The predicted octanol–water partition coefficient (Wildman–Crippen LogP) is 0.490. The lowest BCUT2D eigenvalue weighted by Crippen LogP contribution is -2.31. The van der Waals surface area contributed by atoms with E-state index in [-0.39, 0.29) is 0 Å². The van der Waals surface area contributed by atoms with E-state index >= 15 is 0 Å². The number of nitrogens with two attached hydrogens (primary N) is 1. The Labute approximate surface area is 103 Å². The highest BCUT2D eigenvalue weighted by Crippen LogP contribution is 2.12. The number of hydrogen-bond donors (Lipinski definition) is 1. The number of hydrogen-bond acceptors (Lipinski definition) is 5. The van der Waals surface area contributed by atoms with E-state index in [4.69, 9.17) is 10.5 Å². The molecule has 0 fully saturated rings. The van der Waals surface area contributed by atoms with Crippen molar-refractivity contribution in [3.8, 4) is 0 Å². The van der Waals surface area contributed by atoms with Gasteiger partial charge in [0.2, 0.25) is 0 Å². The lowest BCUT2D eigenvalue weighted by molar-refractivity contribution is 0.204. The average Bonchev–Trinajstić information content (AvgIpc) is 2.78. The Bertz CT molecular complexity index is 294. The van der Waals surface area contributed by atoms with Crippen molar-refractivity contribution in [2.24, 2.45) is 5.73 Å². The Morgan fingerprint density at radius 2 is 2.29 bits per heavy atom. The Kier molecular flexibility index (Phi) is 6.57. The summed E-state index contributed by atoms with van der Waals surface area (Å²) < 4.78 is 7.06. The van der Waals surface area contributed by atoms with Crippen LogP contribution in [0.25, 0.3) is 0 Å². The van der Waals surface area contributed by atoms with Crippen molar-refractivity contribution in [1.29, 1.82) is 0 Å². The zero-order valence-corrected chi connectivity index (χ0v) is 10.8. The zero-order valence-electron chi connectivity index (χ0n) is 10.8. The van der Waals surface area contributed by atoms with Crippen molar-refractivity contribution < 1.29 is 4.74 Å². The molecule has 1 aromatic rings. The molecule has 0 aromatic carbocycles. The first-order chi connectivity index (χ1) is 8.33. The molecule has 0 aliphatic rings. The van der Waals surface area contributed by atoms with Gasteiger partial charge in [-0.05, 0) is 19.4 Å². The summed E-state index contributed by atoms with van der Waals surface area (Å²) in [6.07, 6.45) is 3.81. The van der Waals surface area contributed by atoms with Crippen LogP contribution in [0, 0.1) is 0 Å². The fourth-order valence-electron chi connectivity index (χ4n) is 1.69. The molecule has 1 rings (SSSR count). The third-order valence-electron chi connectivity index (χ3n) is 2.55. The van der Waals surface area contributed by atoms with Crippen LogP contribution in [0.1, 0.15) is 19.8 Å². The zero-order chi connectivity index (χ0) is 12.5. The molecule has 0 amide bonds. The van der Waals surface area contributed by atoms with Gasteiger partial charge in [0.1, 0.15) is 5.82 Å². The van der Waals surface area contributed by atoms with E-state index in [1.165, 1.54) is 0 Å². The van der Waals surface area contributed by atoms with Gasteiger partial charge >= 0.3 is 0 Å². The Morgan fingerprint density at radius 1 is 1.47 bits per heavy atom. The summed E-state index contributed by atoms with van der Waals surface area (Å²) in [5, 5.41) is 8.07. The first-order valence-corrected chi connectivity index (χ1v) is 6.16. The minimum absolute atomic E-state index is 0.693. The van der Waals surface area contributed by atoms with E-state index in [0.29, 0.717) is 13.2 Å². The van der Waals surface area contributed by atoms with Crippen LogP contribution in [0.5, 0.6) is 0 Å². The van der Waals surface area contributed by atoms with Gasteiger partial charge < -0.3 is 15.4 Å². The number of nitrogens with zero attached hydrogens (tertiary/aromatic N) is 4. The quantitative estimate of drug-likeness (QED) is 0.681. The molecule has 0 aliphatic heterocycles. The van der Waals surface area contributed by atoms with Gasteiger partial charge in [-0.1, -0.05) is 12.1 Å². The Hall–Kier alpha value is -1.14. The SMILES string of the molecule is CCCn1nncc1N(CCCN)CCOC. The van der Waals surface area contributed by atoms with Crippen LogP contribution in [0.4, 0.5) is 5.82 Å². The summed E-state index contributed by atoms with van der Waals surface area (Å²) >= 11 is 0. The summed E-state index contributed by atoms with van der Waals surface area (Å²) in [6, 6.07) is 0. The molecule has 0 aliphatic carbocycles. The van der Waals surface area contributed by atoms with Crippen LogP contribution in [0.15, 0.2) is 6.20 Å². The lowest BCUT2D eigenvalue weighted by atomic mass is 10.3. The molecule has 2 N–H and O–H groups in total. The van der Waals surface area contributed by atoms with Gasteiger partial charge in [0.25, 0.3) is 0 Å². The maximum atomic E-state index is 5.56. The van der Waals surface area contributed by atoms with Crippen molar-refractivity contribution in [3.63, 3.8) is 0 Å². The minimum atomic E-state index is 0.693. The largest absolute Gasteiger partial charge is 0.383 e. The molecule has 6 nitrogen and oxygen atoms in total. The van der Waals surface area contributed by atoms with Crippen LogP contribution in [-0.4, -0.2) is 48.3 Å². The second kappa shape index (κ2) is 8.03. The van der Waals surface area contributed by atoms with E-state index in [2.05, 4.69) is 22.1 Å². The maximum absolute atomic E-state index is 5.56. The molecule has 0 saturated heterocycles. The second-order valence-corrected chi connectivity index (χ2v) is 3.94. The van der Waals surface area contributed by atoms with Crippen molar-refractivity contribution in [2.75, 3.05) is 38.3 Å². The van der Waals surface area contributed by atoms with Gasteiger partial charge in [0, 0.05) is 26.7 Å². The fourth-order valence-corrected chi connectivity index (χ4v) is 1.69. The number of rotatable bonds is 9. The van der Waals surface area contributed by atoms with Gasteiger partial charge in [0.05, 0.1) is 12.8 Å². The first-order valence-electron chi connectivity index (χ1n) is 6.16. The third-order valence-corrected chi connectivity index (χ3v) is 2.55. The average molecular weight is 241 g/mol. The molecule has 17 heavy (non-hydrogen) atoms. The summed E-state index contributed by atoms with van der Waals surface area (Å²) in [4.78, 5) is 2.23. The normalized spacial score (nSPS) is 10.8. The number of ether oxygens (including phenoxy) is 1. The molecular weight excluding hydrogens is 218 g/mol. The van der Waals surface area contributed by atoms with Crippen molar-refractivity contribution in [3.05, 3.63) is 6.20 Å². The Morgan fingerprint density at radius 3 is 2.94 bits per heavy atom. The van der Waals surface area contributed by atoms with Crippen LogP contribution >= 0.6 is 0 Å². The number of aryl methyl sites for hydroxylation is 1. The molecule has 1 heterocycles. The van der Waals surface area contributed by atoms with E-state index in [1.807, 2.05) is 10.9 Å². The van der Waals surface area contributed by atoms with E-state index in [0.717, 1.165) is 38.3 Å². The molecule has 0 unspecified atom stereocenters. The summed E-state index contributed by atoms with van der Waals surface area (Å²) in [7, 11) is 1.71. The molecule has 6 heteroatoms. The maximum Gasteiger partial charge on any atom is 0.147 e. The van der Waals surface area contributed by atoms with Gasteiger partial charge in [-0.3, -0.25) is 0 Å². The van der Waals surface area contributed by atoms with Crippen LogP contribution < -0.4 is 10.6 Å². The highest BCUT2D eigenvalue weighted by molar-refractivity contribution is 5.35. The molecule has 0 spiro atoms. The van der Waals surface area contributed by atoms with Crippen molar-refractivity contribution in [1.82, 2.24) is 15.0 Å². The van der Waals surface area contributed by atoms with Crippen molar-refractivity contribution in [2.45, 2.75) is 26.3 Å². The molecular formula is C11H23N5O. The monoisotopic (exact) mass is 241 g/mol. The van der Waals surface area contributed by atoms with Crippen LogP contribution in [0.2, 0.25) is 0 Å². The topological polar surface area (TPSA) is 69.2 Å². The molecule has 0 radical (unpaired) electrons. The second-order valence-electron chi connectivity index (χ2n) is 3.94. The lowest BCUT2D eigenvalue weighted by Gasteiger charge is -2.24. The van der Waals surface area contributed by atoms with Gasteiger partial charge in [-0.15, -0.1) is 5.10 Å². The molecule has 1 aromatic heterocycles. The summed E-state index contributed by atoms with van der Waals surface area (Å²) in [5.74, 6) is 1.05. The summed E-state index contributed by atoms with van der Waals surface area (Å²) in [6.45, 7) is 6.16. The first kappa shape index (κ1) is 13.9. The van der Waals surface area contributed by atoms with Crippen LogP contribution in [-0.2, 0) is 11.3 Å². The van der Waals surface area contributed by atoms with Crippen molar-refractivity contribution >= 4 is 5.82 Å². The standard InChI is InChI=1S/C11H23N5O/c1-3-6-16-11(10-13-14-16)15(7-4-5-12)8-9-17-2/h10H,3-9,12H2,1-2H3. The highest BCUT2D eigenvalue weighted by Gasteiger charge is 2.11. The van der Waals surface area contributed by atoms with E-state index < -0.39 is 0 Å². The predicted molar refractivity (Wildman–Crippen MR) is 68.1 cm³/mol. The third kappa shape index (κ3) is 4.32. The van der Waals surface area contributed by atoms with E-state index in [1.54, 1.807) is 7.11 Å². The highest BCUT2D eigenvalue weighted by atomic mass is 16.5. The van der Waals surface area contributed by atoms with E-state index in [9.17, 15) is 0 Å². The van der Waals surface area contributed by atoms with Gasteiger partial charge in [0.15, 0.2) is 0 Å². The number of methoxy groups -OCH3 is 1. The Balaban J connectivity index is 2.68. The molecule has 0 bridgehead atoms. The number of aromatic nitrogens is 3. The van der Waals surface area contributed by atoms with Gasteiger partial charge in [-0.2, -0.15) is 0 Å². The fraction of sp³-hybridized carbons (Fsp3) is 0.818. The van der Waals surface area contributed by atoms with Gasteiger partial charge in [-0.25, -0.2) is 4.68 Å². The number of anilines is 1. The molecule has 0 saturated carbocycles. The minimum Gasteiger partial charge on any atom is -0.383 e. The molecule has 98 valence electrons. The smallest absolute Gasteiger partial charge is 0.147 e. The van der Waals surface area contributed by atoms with Crippen LogP contribution in [0.3, 0.4) is 0 Å².